The number of aliphatic hydroxyl groups is 1. The predicted molar refractivity (Wildman–Crippen MR) is 149 cm³/mol. The first-order valence-corrected chi connectivity index (χ1v) is 14.6. The number of carbonyl (C=O) groups excluding carboxylic acids is 3. The molecule has 10 nitrogen and oxygen atoms in total. The molecule has 7 rings (SSSR count). The van der Waals surface area contributed by atoms with Gasteiger partial charge in [0.15, 0.2) is 6.61 Å². The van der Waals surface area contributed by atoms with Gasteiger partial charge < -0.3 is 34.9 Å². The molecule has 2 aromatic carbocycles. The van der Waals surface area contributed by atoms with Crippen molar-refractivity contribution in [2.24, 2.45) is 11.8 Å². The van der Waals surface area contributed by atoms with Crippen molar-refractivity contribution in [3.8, 4) is 17.2 Å². The molecule has 4 bridgehead atoms. The first-order valence-electron chi connectivity index (χ1n) is 14.6. The number of benzene rings is 2. The summed E-state index contributed by atoms with van der Waals surface area (Å²) in [5, 5.41) is 15.8. The highest BCUT2D eigenvalue weighted by molar-refractivity contribution is 5.95. The van der Waals surface area contributed by atoms with Crippen molar-refractivity contribution >= 4 is 17.7 Å². The van der Waals surface area contributed by atoms with Gasteiger partial charge in [0.1, 0.15) is 23.4 Å². The number of nitrogens with zero attached hydrogens (tertiary/aromatic N) is 1. The zero-order chi connectivity index (χ0) is 28.3. The Balaban J connectivity index is 1.25. The molecule has 0 unspecified atom stereocenters. The van der Waals surface area contributed by atoms with E-state index in [1.54, 1.807) is 23.1 Å². The van der Waals surface area contributed by atoms with Gasteiger partial charge in [-0.05, 0) is 74.3 Å². The predicted octanol–water partition coefficient (Wildman–Crippen LogP) is 2.42. The molecule has 2 atom stereocenters. The lowest BCUT2D eigenvalue weighted by atomic mass is 9.86. The van der Waals surface area contributed by atoms with Gasteiger partial charge in [0.25, 0.3) is 11.8 Å². The van der Waals surface area contributed by atoms with Crippen LogP contribution in [-0.4, -0.2) is 72.3 Å². The van der Waals surface area contributed by atoms with Crippen LogP contribution in [0, 0.1) is 11.8 Å². The lowest BCUT2D eigenvalue weighted by molar-refractivity contribution is -0.136. The third-order valence-electron chi connectivity index (χ3n) is 8.34. The topological polar surface area (TPSA) is 126 Å². The van der Waals surface area contributed by atoms with Gasteiger partial charge in [0.2, 0.25) is 5.91 Å². The summed E-state index contributed by atoms with van der Waals surface area (Å²) in [6.45, 7) is 1.37. The molecule has 2 aromatic rings. The molecule has 3 aliphatic heterocycles. The molecule has 10 heteroatoms. The average molecular weight is 564 g/mol. The molecule has 218 valence electrons. The molecule has 3 N–H and O–H groups in total. The first-order chi connectivity index (χ1) is 19.9. The van der Waals surface area contributed by atoms with E-state index in [9.17, 15) is 19.5 Å². The number of amides is 3. The third-order valence-corrected chi connectivity index (χ3v) is 8.34. The minimum atomic E-state index is -0.455. The number of fused-ring (bicyclic) bond motifs is 7. The van der Waals surface area contributed by atoms with Crippen molar-refractivity contribution in [3.05, 3.63) is 53.6 Å². The van der Waals surface area contributed by atoms with Gasteiger partial charge in [-0.2, -0.15) is 0 Å². The van der Waals surface area contributed by atoms with Crippen molar-refractivity contribution in [2.75, 3.05) is 26.3 Å². The molecular formula is C31H37N3O7. The summed E-state index contributed by atoms with van der Waals surface area (Å²) < 4.78 is 18.1. The molecule has 3 fully saturated rings. The van der Waals surface area contributed by atoms with Gasteiger partial charge in [0.05, 0.1) is 25.3 Å². The monoisotopic (exact) mass is 563 g/mol. The molecule has 5 aliphatic rings. The van der Waals surface area contributed by atoms with E-state index in [0.717, 1.165) is 18.4 Å². The van der Waals surface area contributed by atoms with Crippen LogP contribution in [0.3, 0.4) is 0 Å². The number of nitrogens with one attached hydrogen (secondary N) is 2. The average Bonchev–Trinajstić information content (AvgIpc) is 3.74. The number of carbonyl (C=O) groups is 3. The van der Waals surface area contributed by atoms with Crippen LogP contribution in [0.4, 0.5) is 0 Å². The van der Waals surface area contributed by atoms with E-state index in [4.69, 9.17) is 14.2 Å². The highest BCUT2D eigenvalue weighted by Crippen LogP contribution is 2.32. The van der Waals surface area contributed by atoms with E-state index in [2.05, 4.69) is 10.6 Å². The van der Waals surface area contributed by atoms with Gasteiger partial charge in [-0.3, -0.25) is 14.4 Å². The summed E-state index contributed by atoms with van der Waals surface area (Å²) in [4.78, 5) is 41.2. The minimum Gasteiger partial charge on any atom is -0.493 e. The van der Waals surface area contributed by atoms with Crippen LogP contribution >= 0.6 is 0 Å². The summed E-state index contributed by atoms with van der Waals surface area (Å²) in [7, 11) is 0. The third kappa shape index (κ3) is 6.93. The van der Waals surface area contributed by atoms with Gasteiger partial charge in [-0.15, -0.1) is 0 Å². The van der Waals surface area contributed by atoms with E-state index >= 15 is 0 Å². The van der Waals surface area contributed by atoms with Crippen molar-refractivity contribution in [2.45, 2.75) is 63.3 Å². The van der Waals surface area contributed by atoms with Gasteiger partial charge in [-0.25, -0.2) is 0 Å². The molecule has 2 saturated carbocycles. The standard InChI is InChI=1S/C31H37N3O7/c35-23-7-5-21(6-8-23)31(38)34-15-27-28(16-34)41-24-9-3-19(4-10-24)14-32-29(36)18-40-26-12-22(30(37)33-27)11-25(13-26)39-17-20-1-2-20/h3-4,9-13,20-21,23,27-28,35H,1-2,5-8,14-18H2,(H,32,36)(H,33,37)/t21?,23?,27-,28-/m0/s1. The zero-order valence-corrected chi connectivity index (χ0v) is 23.1. The second-order valence-electron chi connectivity index (χ2n) is 11.6. The minimum absolute atomic E-state index is 0.0432. The van der Waals surface area contributed by atoms with Gasteiger partial charge in [-0.1, -0.05) is 12.1 Å². The molecule has 3 heterocycles. The summed E-state index contributed by atoms with van der Waals surface area (Å²) in [5.74, 6) is 1.30. The highest BCUT2D eigenvalue weighted by Gasteiger charge is 2.40. The van der Waals surface area contributed by atoms with Crippen LogP contribution in [0.5, 0.6) is 17.2 Å². The van der Waals surface area contributed by atoms with E-state index in [1.165, 1.54) is 0 Å². The Morgan fingerprint density at radius 2 is 1.76 bits per heavy atom. The maximum Gasteiger partial charge on any atom is 0.258 e. The first kappa shape index (κ1) is 27.4. The summed E-state index contributed by atoms with van der Waals surface area (Å²) in [5.41, 5.74) is 1.24. The largest absolute Gasteiger partial charge is 0.493 e. The molecule has 0 aromatic heterocycles. The van der Waals surface area contributed by atoms with Crippen LogP contribution in [0.2, 0.25) is 0 Å². The number of likely N-dealkylation sites (tertiary alicyclic amines) is 1. The number of rotatable bonds is 4. The Bertz CT molecular complexity index is 1270. The Kier molecular flexibility index (Phi) is 8.00. The van der Waals surface area contributed by atoms with Crippen LogP contribution in [0.15, 0.2) is 42.5 Å². The summed E-state index contributed by atoms with van der Waals surface area (Å²) in [6, 6.07) is 11.9. The van der Waals surface area contributed by atoms with Gasteiger partial charge in [0, 0.05) is 30.6 Å². The maximum absolute atomic E-state index is 13.6. The lowest BCUT2D eigenvalue weighted by Crippen LogP contribution is -2.45. The summed E-state index contributed by atoms with van der Waals surface area (Å²) >= 11 is 0. The molecule has 0 spiro atoms. The Morgan fingerprint density at radius 1 is 0.976 bits per heavy atom. The number of hydrogen-bond acceptors (Lipinski definition) is 7. The fourth-order valence-electron chi connectivity index (χ4n) is 5.67. The molecular weight excluding hydrogens is 526 g/mol. The second-order valence-corrected chi connectivity index (χ2v) is 11.6. The summed E-state index contributed by atoms with van der Waals surface area (Å²) in [6.07, 6.45) is 4.04. The van der Waals surface area contributed by atoms with Crippen LogP contribution in [-0.2, 0) is 16.1 Å². The van der Waals surface area contributed by atoms with Crippen LogP contribution in [0.1, 0.15) is 54.4 Å². The Morgan fingerprint density at radius 3 is 2.51 bits per heavy atom. The normalized spacial score (nSPS) is 26.6. The second kappa shape index (κ2) is 12.0. The van der Waals surface area contributed by atoms with E-state index < -0.39 is 12.1 Å². The fraction of sp³-hybridized carbons (Fsp3) is 0.516. The lowest BCUT2D eigenvalue weighted by Gasteiger charge is -2.28. The fourth-order valence-corrected chi connectivity index (χ4v) is 5.67. The molecule has 41 heavy (non-hydrogen) atoms. The van der Waals surface area contributed by atoms with Crippen molar-refractivity contribution in [1.82, 2.24) is 15.5 Å². The van der Waals surface area contributed by atoms with E-state index in [0.29, 0.717) is 80.7 Å². The van der Waals surface area contributed by atoms with Crippen molar-refractivity contribution in [1.29, 1.82) is 0 Å². The SMILES string of the molecule is O=C1COc2cc(OCC3CC3)cc(c2)C(=O)N[C@H]2CN(C(=O)C3CCC(O)CC3)C[C@@H]2Oc2ccc(cc2)CN1. The van der Waals surface area contributed by atoms with Gasteiger partial charge >= 0.3 is 0 Å². The number of ether oxygens (including phenoxy) is 3. The Labute approximate surface area is 239 Å². The van der Waals surface area contributed by atoms with Crippen LogP contribution < -0.4 is 24.8 Å². The van der Waals surface area contributed by atoms with Crippen LogP contribution in [0.25, 0.3) is 0 Å². The van der Waals surface area contributed by atoms with Crippen molar-refractivity contribution < 1.29 is 33.7 Å². The Hall–Kier alpha value is -3.79. The number of hydrogen-bond donors (Lipinski definition) is 3. The smallest absolute Gasteiger partial charge is 0.258 e. The zero-order valence-electron chi connectivity index (χ0n) is 23.1. The van der Waals surface area contributed by atoms with Crippen molar-refractivity contribution in [3.63, 3.8) is 0 Å². The molecule has 3 amide bonds. The van der Waals surface area contributed by atoms with E-state index in [1.807, 2.05) is 24.3 Å². The molecule has 1 saturated heterocycles. The molecule has 0 radical (unpaired) electrons. The quantitative estimate of drug-likeness (QED) is 0.522. The van der Waals surface area contributed by atoms with E-state index in [-0.39, 0.29) is 36.4 Å². The number of aliphatic hydroxyl groups excluding tert-OH is 1. The molecule has 2 aliphatic carbocycles. The highest BCUT2D eigenvalue weighted by atomic mass is 16.5. The maximum atomic E-state index is 13.6.